The van der Waals surface area contributed by atoms with E-state index in [0.29, 0.717) is 6.04 Å². The van der Waals surface area contributed by atoms with E-state index in [1.54, 1.807) is 18.4 Å². The Bertz CT molecular complexity index is 235. The van der Waals surface area contributed by atoms with Crippen molar-refractivity contribution in [3.8, 4) is 0 Å². The molecule has 80 valence electrons. The number of rotatable bonds is 6. The minimum Gasteiger partial charge on any atom is -0.380 e. The van der Waals surface area contributed by atoms with Gasteiger partial charge in [-0.05, 0) is 31.3 Å². The van der Waals surface area contributed by atoms with Crippen LogP contribution in [0.4, 0.5) is 0 Å². The Balaban J connectivity index is 2.62. The molecule has 0 saturated heterocycles. The molecule has 1 N–H and O–H groups in total. The summed E-state index contributed by atoms with van der Waals surface area (Å²) < 4.78 is 5.38. The molecule has 1 heterocycles. The van der Waals surface area contributed by atoms with Crippen molar-refractivity contribution in [2.24, 2.45) is 0 Å². The van der Waals surface area contributed by atoms with Gasteiger partial charge >= 0.3 is 0 Å². The molecule has 0 aliphatic heterocycles. The van der Waals surface area contributed by atoms with Crippen molar-refractivity contribution >= 4 is 11.3 Å². The summed E-state index contributed by atoms with van der Waals surface area (Å²) >= 11 is 1.78. The molecule has 2 atom stereocenters. The van der Waals surface area contributed by atoms with Crippen LogP contribution in [0.25, 0.3) is 0 Å². The number of hydrogen-bond donors (Lipinski definition) is 1. The van der Waals surface area contributed by atoms with Crippen molar-refractivity contribution in [1.82, 2.24) is 5.32 Å². The van der Waals surface area contributed by atoms with Gasteiger partial charge in [-0.15, -0.1) is 11.3 Å². The maximum absolute atomic E-state index is 5.38. The predicted octanol–water partition coefficient (Wildman–Crippen LogP) is 2.82. The molecular weight excluding hydrogens is 194 g/mol. The van der Waals surface area contributed by atoms with Crippen molar-refractivity contribution in [3.63, 3.8) is 0 Å². The van der Waals surface area contributed by atoms with Crippen LogP contribution < -0.4 is 5.32 Å². The Kier molecular flexibility index (Phi) is 5.15. The summed E-state index contributed by atoms with van der Waals surface area (Å²) in [7, 11) is 1.76. The van der Waals surface area contributed by atoms with E-state index in [0.717, 1.165) is 13.0 Å². The summed E-state index contributed by atoms with van der Waals surface area (Å²) in [6.45, 7) is 5.32. The van der Waals surface area contributed by atoms with Gasteiger partial charge in [-0.2, -0.15) is 0 Å². The van der Waals surface area contributed by atoms with Crippen LogP contribution >= 0.6 is 11.3 Å². The van der Waals surface area contributed by atoms with E-state index in [1.807, 2.05) is 0 Å². The normalized spacial score (nSPS) is 15.4. The summed E-state index contributed by atoms with van der Waals surface area (Å²) in [5.74, 6) is 0. The fourth-order valence-corrected chi connectivity index (χ4v) is 2.30. The first-order valence-electron chi connectivity index (χ1n) is 5.09. The number of ether oxygens (including phenoxy) is 1. The lowest BCUT2D eigenvalue weighted by molar-refractivity contribution is 0.0841. The molecule has 1 aromatic heterocycles. The summed E-state index contributed by atoms with van der Waals surface area (Å²) in [4.78, 5) is 1.35. The van der Waals surface area contributed by atoms with Gasteiger partial charge in [0.15, 0.2) is 0 Å². The molecule has 0 radical (unpaired) electrons. The number of methoxy groups -OCH3 is 1. The number of nitrogens with one attached hydrogen (secondary N) is 1. The topological polar surface area (TPSA) is 21.3 Å². The van der Waals surface area contributed by atoms with Crippen molar-refractivity contribution in [1.29, 1.82) is 0 Å². The van der Waals surface area contributed by atoms with Crippen LogP contribution in [0.15, 0.2) is 17.5 Å². The largest absolute Gasteiger partial charge is 0.380 e. The molecule has 14 heavy (non-hydrogen) atoms. The highest BCUT2D eigenvalue weighted by Crippen LogP contribution is 2.23. The quantitative estimate of drug-likeness (QED) is 0.784. The van der Waals surface area contributed by atoms with E-state index in [1.165, 1.54) is 4.88 Å². The molecule has 0 aliphatic rings. The van der Waals surface area contributed by atoms with Crippen LogP contribution in [-0.4, -0.2) is 19.8 Å². The average Bonchev–Trinajstić information content (AvgIpc) is 2.71. The van der Waals surface area contributed by atoms with E-state index < -0.39 is 0 Å². The summed E-state index contributed by atoms with van der Waals surface area (Å²) in [6.07, 6.45) is 1.37. The monoisotopic (exact) mass is 213 g/mol. The van der Waals surface area contributed by atoms with Crippen molar-refractivity contribution in [3.05, 3.63) is 22.4 Å². The zero-order valence-electron chi connectivity index (χ0n) is 9.12. The highest BCUT2D eigenvalue weighted by Gasteiger charge is 2.18. The predicted molar refractivity (Wildman–Crippen MR) is 61.8 cm³/mol. The Morgan fingerprint density at radius 2 is 2.36 bits per heavy atom. The molecule has 0 aromatic carbocycles. The molecular formula is C11H19NOS. The lowest BCUT2D eigenvalue weighted by Crippen LogP contribution is -2.31. The molecule has 0 spiro atoms. The fraction of sp³-hybridized carbons (Fsp3) is 0.636. The fourth-order valence-electron chi connectivity index (χ4n) is 1.40. The molecule has 3 heteroatoms. The standard InChI is InChI=1S/C11H19NOS/c1-4-7-12-11(9(2)13-3)10-6-5-8-14-10/h5-6,8-9,11-12H,4,7H2,1-3H3. The highest BCUT2D eigenvalue weighted by molar-refractivity contribution is 7.10. The maximum Gasteiger partial charge on any atom is 0.0745 e. The third-order valence-corrected chi connectivity index (χ3v) is 3.26. The minimum absolute atomic E-state index is 0.222. The smallest absolute Gasteiger partial charge is 0.0745 e. The van der Waals surface area contributed by atoms with E-state index in [9.17, 15) is 0 Å². The Morgan fingerprint density at radius 3 is 2.86 bits per heavy atom. The van der Waals surface area contributed by atoms with Gasteiger partial charge in [-0.25, -0.2) is 0 Å². The van der Waals surface area contributed by atoms with Gasteiger partial charge in [0, 0.05) is 12.0 Å². The van der Waals surface area contributed by atoms with Crippen LogP contribution in [-0.2, 0) is 4.74 Å². The van der Waals surface area contributed by atoms with Crippen molar-refractivity contribution < 1.29 is 4.74 Å². The maximum atomic E-state index is 5.38. The summed E-state index contributed by atoms with van der Waals surface area (Å²) in [6, 6.07) is 4.58. The van der Waals surface area contributed by atoms with Gasteiger partial charge < -0.3 is 10.1 Å². The molecule has 0 fully saturated rings. The molecule has 1 aromatic rings. The lowest BCUT2D eigenvalue weighted by Gasteiger charge is -2.22. The lowest BCUT2D eigenvalue weighted by atomic mass is 10.1. The number of thiophene rings is 1. The summed E-state index contributed by atoms with van der Waals surface area (Å²) in [5.41, 5.74) is 0. The zero-order chi connectivity index (χ0) is 10.4. The SMILES string of the molecule is CCCNC(c1cccs1)C(C)OC. The van der Waals surface area contributed by atoms with Crippen molar-refractivity contribution in [2.45, 2.75) is 32.4 Å². The van der Waals surface area contributed by atoms with Gasteiger partial charge in [-0.3, -0.25) is 0 Å². The van der Waals surface area contributed by atoms with Gasteiger partial charge in [0.1, 0.15) is 0 Å². The van der Waals surface area contributed by atoms with E-state index in [-0.39, 0.29) is 6.10 Å². The zero-order valence-corrected chi connectivity index (χ0v) is 9.93. The van der Waals surface area contributed by atoms with E-state index in [4.69, 9.17) is 4.74 Å². The van der Waals surface area contributed by atoms with Crippen LogP contribution in [0.1, 0.15) is 31.2 Å². The van der Waals surface area contributed by atoms with Gasteiger partial charge in [-0.1, -0.05) is 13.0 Å². The van der Waals surface area contributed by atoms with Crippen LogP contribution in [0.5, 0.6) is 0 Å². The third kappa shape index (κ3) is 3.08. The Labute approximate surface area is 90.3 Å². The van der Waals surface area contributed by atoms with E-state index in [2.05, 4.69) is 36.7 Å². The average molecular weight is 213 g/mol. The minimum atomic E-state index is 0.222. The molecule has 2 unspecified atom stereocenters. The first-order valence-corrected chi connectivity index (χ1v) is 5.97. The third-order valence-electron chi connectivity index (χ3n) is 2.31. The second-order valence-electron chi connectivity index (χ2n) is 3.39. The molecule has 1 rings (SSSR count). The molecule has 0 saturated carbocycles. The Morgan fingerprint density at radius 1 is 1.57 bits per heavy atom. The first-order chi connectivity index (χ1) is 6.79. The second kappa shape index (κ2) is 6.17. The Hall–Kier alpha value is -0.380. The first kappa shape index (κ1) is 11.7. The van der Waals surface area contributed by atoms with E-state index >= 15 is 0 Å². The molecule has 0 amide bonds. The van der Waals surface area contributed by atoms with Crippen LogP contribution in [0.3, 0.4) is 0 Å². The molecule has 2 nitrogen and oxygen atoms in total. The van der Waals surface area contributed by atoms with Gasteiger partial charge in [0.2, 0.25) is 0 Å². The number of hydrogen-bond acceptors (Lipinski definition) is 3. The molecule has 0 aliphatic carbocycles. The van der Waals surface area contributed by atoms with Crippen molar-refractivity contribution in [2.75, 3.05) is 13.7 Å². The highest BCUT2D eigenvalue weighted by atomic mass is 32.1. The van der Waals surface area contributed by atoms with Crippen LogP contribution in [0.2, 0.25) is 0 Å². The molecule has 0 bridgehead atoms. The van der Waals surface area contributed by atoms with Crippen LogP contribution in [0, 0.1) is 0 Å². The van der Waals surface area contributed by atoms with Gasteiger partial charge in [0.05, 0.1) is 12.1 Å². The summed E-state index contributed by atoms with van der Waals surface area (Å²) in [5, 5.41) is 5.62. The van der Waals surface area contributed by atoms with Gasteiger partial charge in [0.25, 0.3) is 0 Å². The second-order valence-corrected chi connectivity index (χ2v) is 4.37.